The molecular formula is C27H38F2N6O. The molecule has 2 aliphatic rings. The van der Waals surface area contributed by atoms with Crippen LogP contribution in [0.3, 0.4) is 0 Å². The Bertz CT molecular complexity index is 1060. The topological polar surface area (TPSA) is 85.4 Å². The molecule has 1 fully saturated rings. The quantitative estimate of drug-likeness (QED) is 0.357. The third-order valence-electron chi connectivity index (χ3n) is 6.99. The van der Waals surface area contributed by atoms with Crippen molar-refractivity contribution in [2.45, 2.75) is 84.1 Å². The van der Waals surface area contributed by atoms with Crippen molar-refractivity contribution in [2.24, 2.45) is 10.9 Å². The molecule has 1 aromatic heterocycles. The van der Waals surface area contributed by atoms with Gasteiger partial charge in [0, 0.05) is 24.7 Å². The molecule has 2 aromatic rings. The number of halogens is 2. The zero-order chi connectivity index (χ0) is 25.5. The van der Waals surface area contributed by atoms with Gasteiger partial charge in [0.2, 0.25) is 5.96 Å². The number of amides is 1. The van der Waals surface area contributed by atoms with Crippen molar-refractivity contribution in [2.75, 3.05) is 23.3 Å². The van der Waals surface area contributed by atoms with E-state index in [1.807, 2.05) is 0 Å². The molecular weight excluding hydrogens is 462 g/mol. The lowest BCUT2D eigenvalue weighted by Gasteiger charge is -2.37. The predicted octanol–water partition coefficient (Wildman–Crippen LogP) is 5.80. The summed E-state index contributed by atoms with van der Waals surface area (Å²) in [6.07, 6.45) is 12.0. The molecule has 3 N–H and O–H groups in total. The van der Waals surface area contributed by atoms with Crippen molar-refractivity contribution in [1.29, 1.82) is 0 Å². The normalized spacial score (nSPS) is 17.8. The first-order valence-electron chi connectivity index (χ1n) is 13.3. The first-order valence-corrected chi connectivity index (χ1v) is 13.3. The predicted molar refractivity (Wildman–Crippen MR) is 140 cm³/mol. The van der Waals surface area contributed by atoms with Gasteiger partial charge >= 0.3 is 0 Å². The van der Waals surface area contributed by atoms with Gasteiger partial charge in [-0.2, -0.15) is 10.1 Å². The van der Waals surface area contributed by atoms with Gasteiger partial charge < -0.3 is 15.5 Å². The van der Waals surface area contributed by atoms with Crippen molar-refractivity contribution in [3.8, 4) is 0 Å². The van der Waals surface area contributed by atoms with Crippen LogP contribution in [-0.4, -0.2) is 41.2 Å². The van der Waals surface area contributed by atoms with Gasteiger partial charge in [0.25, 0.3) is 5.91 Å². The van der Waals surface area contributed by atoms with Crippen LogP contribution in [0.4, 0.5) is 20.3 Å². The number of benzene rings is 1. The number of carbonyl (C=O) groups excluding carboxylic acids is 1. The van der Waals surface area contributed by atoms with E-state index in [2.05, 4.69) is 44.6 Å². The number of hydrogen-bond acceptors (Lipinski definition) is 3. The Morgan fingerprint density at radius 2 is 1.83 bits per heavy atom. The number of aromatic amines is 1. The summed E-state index contributed by atoms with van der Waals surface area (Å²) in [4.78, 5) is 19.5. The Kier molecular flexibility index (Phi) is 8.93. The molecule has 1 saturated carbocycles. The maximum Gasteiger partial charge on any atom is 0.280 e. The van der Waals surface area contributed by atoms with Gasteiger partial charge in [-0.05, 0) is 49.8 Å². The maximum atomic E-state index is 13.7. The van der Waals surface area contributed by atoms with E-state index in [1.165, 1.54) is 57.4 Å². The fourth-order valence-corrected chi connectivity index (χ4v) is 5.09. The highest BCUT2D eigenvalue weighted by Gasteiger charge is 2.29. The molecule has 0 spiro atoms. The van der Waals surface area contributed by atoms with Crippen LogP contribution in [-0.2, 0) is 6.42 Å². The van der Waals surface area contributed by atoms with E-state index >= 15 is 0 Å². The molecule has 0 unspecified atom stereocenters. The number of aromatic nitrogens is 2. The molecule has 1 aliphatic heterocycles. The molecule has 4 rings (SSSR count). The second kappa shape index (κ2) is 12.3. The third kappa shape index (κ3) is 6.62. The van der Waals surface area contributed by atoms with Crippen molar-refractivity contribution >= 4 is 23.4 Å². The average molecular weight is 501 g/mol. The summed E-state index contributed by atoms with van der Waals surface area (Å²) >= 11 is 0. The van der Waals surface area contributed by atoms with Crippen LogP contribution in [0.15, 0.2) is 23.2 Å². The van der Waals surface area contributed by atoms with Crippen molar-refractivity contribution in [3.05, 3.63) is 41.1 Å². The Balaban J connectivity index is 1.59. The monoisotopic (exact) mass is 500 g/mol. The molecule has 0 bridgehead atoms. The number of anilines is 2. The zero-order valence-corrected chi connectivity index (χ0v) is 21.4. The second-order valence-corrected chi connectivity index (χ2v) is 10.3. The van der Waals surface area contributed by atoms with Crippen molar-refractivity contribution < 1.29 is 13.6 Å². The number of fused-ring (bicyclic) bond motifs is 1. The number of nitrogens with one attached hydrogen (secondary N) is 3. The molecule has 1 aromatic carbocycles. The Labute approximate surface area is 212 Å². The van der Waals surface area contributed by atoms with Gasteiger partial charge in [-0.3, -0.25) is 9.89 Å². The second-order valence-electron chi connectivity index (χ2n) is 10.3. The Morgan fingerprint density at radius 3 is 2.53 bits per heavy atom. The van der Waals surface area contributed by atoms with Crippen LogP contribution in [0, 0.1) is 17.6 Å². The van der Waals surface area contributed by atoms with Crippen LogP contribution in [0.25, 0.3) is 0 Å². The van der Waals surface area contributed by atoms with Crippen molar-refractivity contribution in [1.82, 2.24) is 15.5 Å². The first kappa shape index (κ1) is 26.1. The highest BCUT2D eigenvalue weighted by atomic mass is 19.2. The van der Waals surface area contributed by atoms with Crippen LogP contribution in [0.2, 0.25) is 0 Å². The number of rotatable bonds is 5. The van der Waals surface area contributed by atoms with Crippen LogP contribution >= 0.6 is 0 Å². The van der Waals surface area contributed by atoms with E-state index in [-0.39, 0.29) is 11.5 Å². The summed E-state index contributed by atoms with van der Waals surface area (Å²) in [6.45, 7) is 5.66. The van der Waals surface area contributed by atoms with Gasteiger partial charge in [0.15, 0.2) is 17.5 Å². The third-order valence-corrected chi connectivity index (χ3v) is 6.99. The molecule has 1 amide bonds. The Hall–Kier alpha value is -2.97. The summed E-state index contributed by atoms with van der Waals surface area (Å²) in [5.41, 5.74) is 2.14. The molecule has 7 nitrogen and oxygen atoms in total. The number of carbonyl (C=O) groups is 1. The van der Waals surface area contributed by atoms with Gasteiger partial charge in [0.05, 0.1) is 5.69 Å². The van der Waals surface area contributed by atoms with Crippen LogP contribution in [0.1, 0.15) is 87.7 Å². The van der Waals surface area contributed by atoms with Crippen molar-refractivity contribution in [3.63, 3.8) is 0 Å². The molecule has 36 heavy (non-hydrogen) atoms. The number of aryl methyl sites for hydroxylation is 1. The van der Waals surface area contributed by atoms with Gasteiger partial charge in [-0.25, -0.2) is 8.78 Å². The summed E-state index contributed by atoms with van der Waals surface area (Å²) in [5.74, 6) is -1.55. The van der Waals surface area contributed by atoms with E-state index in [0.717, 1.165) is 42.9 Å². The van der Waals surface area contributed by atoms with E-state index in [0.29, 0.717) is 24.3 Å². The van der Waals surface area contributed by atoms with Crippen LogP contribution in [0.5, 0.6) is 0 Å². The molecule has 196 valence electrons. The largest absolute Gasteiger partial charge is 0.364 e. The first-order chi connectivity index (χ1) is 17.4. The van der Waals surface area contributed by atoms with Gasteiger partial charge in [-0.1, -0.05) is 52.4 Å². The summed E-state index contributed by atoms with van der Waals surface area (Å²) < 4.78 is 27.0. The zero-order valence-electron chi connectivity index (χ0n) is 21.4. The summed E-state index contributed by atoms with van der Waals surface area (Å²) in [6, 6.07) is 3.51. The molecule has 0 radical (unpaired) electrons. The molecule has 0 saturated heterocycles. The summed E-state index contributed by atoms with van der Waals surface area (Å²) in [5, 5.41) is 14.2. The SMILES string of the molecule is CC(C)CN/C(=N/C(=O)c1ccc(F)c(F)c1)Nc1n[nH]c2c1N(C1CCCCCCCC1)CCC2. The highest BCUT2D eigenvalue weighted by Crippen LogP contribution is 2.36. The van der Waals surface area contributed by atoms with Gasteiger partial charge in [0.1, 0.15) is 5.69 Å². The number of nitrogens with zero attached hydrogens (tertiary/aromatic N) is 3. The standard InChI is InChI=1S/C27H38F2N6O/c1-18(2)17-30-27(32-26(36)19-13-14-21(28)22(29)16-19)31-25-24-23(33-34-25)12-9-15-35(24)20-10-7-5-3-4-6-8-11-20/h13-14,16,18,20H,3-12,15,17H2,1-2H3,(H3,30,31,32,33,34,36). The fraction of sp³-hybridized carbons (Fsp3) is 0.593. The lowest BCUT2D eigenvalue weighted by atomic mass is 9.99. The van der Waals surface area contributed by atoms with Gasteiger partial charge in [-0.15, -0.1) is 0 Å². The number of guanidine groups is 1. The lowest BCUT2D eigenvalue weighted by molar-refractivity contribution is 0.100. The van der Waals surface area contributed by atoms with Crippen LogP contribution < -0.4 is 15.5 Å². The Morgan fingerprint density at radius 1 is 1.11 bits per heavy atom. The number of hydrogen-bond donors (Lipinski definition) is 3. The molecule has 2 heterocycles. The molecule has 1 aliphatic carbocycles. The molecule has 0 atom stereocenters. The lowest BCUT2D eigenvalue weighted by Crippen LogP contribution is -2.40. The summed E-state index contributed by atoms with van der Waals surface area (Å²) in [7, 11) is 0. The number of aliphatic imine (C=N–C) groups is 1. The minimum atomic E-state index is -1.08. The van der Waals surface area contributed by atoms with E-state index in [1.54, 1.807) is 0 Å². The maximum absolute atomic E-state index is 13.7. The minimum Gasteiger partial charge on any atom is -0.364 e. The smallest absolute Gasteiger partial charge is 0.280 e. The highest BCUT2D eigenvalue weighted by molar-refractivity contribution is 6.07. The molecule has 9 heteroatoms. The van der Waals surface area contributed by atoms with E-state index in [4.69, 9.17) is 0 Å². The fourth-order valence-electron chi connectivity index (χ4n) is 5.09. The van der Waals surface area contributed by atoms with E-state index < -0.39 is 17.5 Å². The number of H-pyrrole nitrogens is 1. The minimum absolute atomic E-state index is 0.0178. The average Bonchev–Trinajstić information content (AvgIpc) is 3.32. The van der Waals surface area contributed by atoms with E-state index in [9.17, 15) is 13.6 Å².